The molecule has 1 amide bonds. The molecule has 0 spiro atoms. The molecule has 1 aliphatic rings. The smallest absolute Gasteiger partial charge is 0.239 e. The highest BCUT2D eigenvalue weighted by Gasteiger charge is 2.39. The van der Waals surface area contributed by atoms with Gasteiger partial charge in [-0.2, -0.15) is 0 Å². The SMILES string of the molecule is C=C1CCN(C(=O)[C@@H](N)CCCc2ncn(C(c3ccccc3)(c3ccccc3)c3ccccc3)c2C)CC1.Cl. The van der Waals surface area contributed by atoms with Crippen LogP contribution < -0.4 is 5.73 Å². The number of rotatable bonds is 9. The van der Waals surface area contributed by atoms with Crippen molar-refractivity contribution in [3.63, 3.8) is 0 Å². The molecule has 1 aromatic heterocycles. The summed E-state index contributed by atoms with van der Waals surface area (Å²) in [4.78, 5) is 19.7. The summed E-state index contributed by atoms with van der Waals surface area (Å²) in [6, 6.07) is 31.4. The van der Waals surface area contributed by atoms with Gasteiger partial charge in [0.1, 0.15) is 5.54 Å². The molecule has 0 aliphatic carbocycles. The van der Waals surface area contributed by atoms with E-state index < -0.39 is 11.6 Å². The minimum Gasteiger partial charge on any atom is -0.341 e. The first-order valence-electron chi connectivity index (χ1n) is 13.9. The van der Waals surface area contributed by atoms with Gasteiger partial charge >= 0.3 is 0 Å². The number of halogens is 1. The van der Waals surface area contributed by atoms with Crippen molar-refractivity contribution in [2.24, 2.45) is 5.73 Å². The van der Waals surface area contributed by atoms with Crippen molar-refractivity contribution in [1.29, 1.82) is 0 Å². The average molecular weight is 555 g/mol. The van der Waals surface area contributed by atoms with Crippen molar-refractivity contribution >= 4 is 18.3 Å². The summed E-state index contributed by atoms with van der Waals surface area (Å²) in [7, 11) is 0. The number of carbonyl (C=O) groups is 1. The van der Waals surface area contributed by atoms with Crippen LogP contribution in [0.4, 0.5) is 0 Å². The van der Waals surface area contributed by atoms with Crippen molar-refractivity contribution in [2.45, 2.75) is 50.6 Å². The second-order valence-electron chi connectivity index (χ2n) is 10.5. The van der Waals surface area contributed by atoms with E-state index in [2.05, 4.69) is 109 Å². The third-order valence-corrected chi connectivity index (χ3v) is 8.07. The third-order valence-electron chi connectivity index (χ3n) is 8.07. The van der Waals surface area contributed by atoms with E-state index in [0.717, 1.165) is 50.2 Å². The molecule has 1 fully saturated rings. The number of aryl methyl sites for hydroxylation is 1. The quantitative estimate of drug-likeness (QED) is 0.195. The van der Waals surface area contributed by atoms with Gasteiger partial charge in [0.25, 0.3) is 0 Å². The highest BCUT2D eigenvalue weighted by atomic mass is 35.5. The molecule has 2 heterocycles. The van der Waals surface area contributed by atoms with E-state index in [1.807, 2.05) is 11.2 Å². The maximum absolute atomic E-state index is 12.9. The standard InChI is InChI=1S/C34H38N4O.ClH/c1-26-21-23-37(24-22-26)33(39)31(35)19-12-20-32-27(2)38(25-36-32)34(28-13-6-3-7-14-28,29-15-8-4-9-16-29)30-17-10-5-11-18-30;/h3-11,13-18,25,31H,1,12,19-24,35H2,2H3;1H/t31-;/m0./s1. The molecule has 2 N–H and O–H groups in total. The first-order valence-corrected chi connectivity index (χ1v) is 13.9. The molecule has 6 heteroatoms. The monoisotopic (exact) mass is 554 g/mol. The summed E-state index contributed by atoms with van der Waals surface area (Å²) in [5.74, 6) is 0.0565. The number of likely N-dealkylation sites (tertiary alicyclic amines) is 1. The molecule has 208 valence electrons. The van der Waals surface area contributed by atoms with Gasteiger partial charge in [-0.05, 0) is 55.7 Å². The van der Waals surface area contributed by atoms with Crippen LogP contribution in [0.2, 0.25) is 0 Å². The molecule has 1 saturated heterocycles. The van der Waals surface area contributed by atoms with Gasteiger partial charge in [0.2, 0.25) is 5.91 Å². The predicted molar refractivity (Wildman–Crippen MR) is 165 cm³/mol. The van der Waals surface area contributed by atoms with E-state index in [0.29, 0.717) is 6.42 Å². The Morgan fingerprint density at radius 1 is 0.900 bits per heavy atom. The third kappa shape index (κ3) is 5.77. The number of carbonyl (C=O) groups excluding carboxylic acids is 1. The van der Waals surface area contributed by atoms with Crippen molar-refractivity contribution in [3.05, 3.63) is 138 Å². The summed E-state index contributed by atoms with van der Waals surface area (Å²) < 4.78 is 2.31. The number of benzene rings is 3. The van der Waals surface area contributed by atoms with Gasteiger partial charge in [-0.25, -0.2) is 4.98 Å². The lowest BCUT2D eigenvalue weighted by Gasteiger charge is -2.38. The van der Waals surface area contributed by atoms with Gasteiger partial charge in [0.15, 0.2) is 0 Å². The zero-order chi connectivity index (χ0) is 27.2. The van der Waals surface area contributed by atoms with Crippen molar-refractivity contribution in [3.8, 4) is 0 Å². The Balaban J connectivity index is 0.00000370. The van der Waals surface area contributed by atoms with Crippen LogP contribution in [0.5, 0.6) is 0 Å². The zero-order valence-electron chi connectivity index (χ0n) is 23.2. The number of imidazole rings is 1. The fourth-order valence-electron chi connectivity index (χ4n) is 5.88. The number of hydrogen-bond donors (Lipinski definition) is 1. The summed E-state index contributed by atoms with van der Waals surface area (Å²) in [5.41, 5.74) is 12.7. The zero-order valence-corrected chi connectivity index (χ0v) is 24.0. The fraction of sp³-hybridized carbons (Fsp3) is 0.294. The van der Waals surface area contributed by atoms with Crippen molar-refractivity contribution in [2.75, 3.05) is 13.1 Å². The Bertz CT molecular complexity index is 1300. The van der Waals surface area contributed by atoms with Crippen LogP contribution in [0.25, 0.3) is 0 Å². The summed E-state index contributed by atoms with van der Waals surface area (Å²) >= 11 is 0. The molecule has 5 rings (SSSR count). The second-order valence-corrected chi connectivity index (χ2v) is 10.5. The molecule has 3 aromatic carbocycles. The van der Waals surface area contributed by atoms with E-state index in [-0.39, 0.29) is 18.3 Å². The van der Waals surface area contributed by atoms with Gasteiger partial charge in [-0.1, -0.05) is 103 Å². The molecular formula is C34H39ClN4O. The molecule has 0 bridgehead atoms. The van der Waals surface area contributed by atoms with E-state index in [1.165, 1.54) is 22.3 Å². The minimum absolute atomic E-state index is 0. The van der Waals surface area contributed by atoms with Crippen LogP contribution in [0.15, 0.2) is 109 Å². The van der Waals surface area contributed by atoms with Crippen molar-refractivity contribution < 1.29 is 4.79 Å². The van der Waals surface area contributed by atoms with Gasteiger partial charge in [0.05, 0.1) is 18.1 Å². The highest BCUT2D eigenvalue weighted by Crippen LogP contribution is 2.42. The van der Waals surface area contributed by atoms with E-state index in [9.17, 15) is 4.79 Å². The maximum Gasteiger partial charge on any atom is 0.239 e. The average Bonchev–Trinajstić information content (AvgIpc) is 3.35. The van der Waals surface area contributed by atoms with Gasteiger partial charge < -0.3 is 15.2 Å². The maximum atomic E-state index is 12.9. The number of amides is 1. The molecule has 0 unspecified atom stereocenters. The molecule has 4 aromatic rings. The van der Waals surface area contributed by atoms with Crippen LogP contribution in [-0.2, 0) is 16.8 Å². The van der Waals surface area contributed by atoms with Crippen LogP contribution in [0.1, 0.15) is 53.8 Å². The van der Waals surface area contributed by atoms with Crippen LogP contribution in [0.3, 0.4) is 0 Å². The van der Waals surface area contributed by atoms with Gasteiger partial charge in [0, 0.05) is 18.8 Å². The Kier molecular flexibility index (Phi) is 9.62. The van der Waals surface area contributed by atoms with Crippen LogP contribution in [0, 0.1) is 6.92 Å². The molecule has 0 radical (unpaired) electrons. The van der Waals surface area contributed by atoms with E-state index in [1.54, 1.807) is 0 Å². The molecule has 0 saturated carbocycles. The predicted octanol–water partition coefficient (Wildman–Crippen LogP) is 6.28. The lowest BCUT2D eigenvalue weighted by Crippen LogP contribution is -2.46. The largest absolute Gasteiger partial charge is 0.341 e. The molecule has 40 heavy (non-hydrogen) atoms. The number of nitrogens with two attached hydrogens (primary N) is 1. The Morgan fingerprint density at radius 3 is 1.85 bits per heavy atom. The number of hydrogen-bond acceptors (Lipinski definition) is 3. The lowest BCUT2D eigenvalue weighted by atomic mass is 9.76. The van der Waals surface area contributed by atoms with E-state index in [4.69, 9.17) is 10.7 Å². The first-order chi connectivity index (χ1) is 19.0. The molecular weight excluding hydrogens is 516 g/mol. The second kappa shape index (κ2) is 13.1. The van der Waals surface area contributed by atoms with Crippen LogP contribution in [-0.4, -0.2) is 39.5 Å². The highest BCUT2D eigenvalue weighted by molar-refractivity contribution is 5.85. The molecule has 1 aliphatic heterocycles. The number of aromatic nitrogens is 2. The number of piperidine rings is 1. The first kappa shape index (κ1) is 29.3. The Morgan fingerprint density at radius 2 is 1.38 bits per heavy atom. The topological polar surface area (TPSA) is 64.2 Å². The van der Waals surface area contributed by atoms with Crippen molar-refractivity contribution in [1.82, 2.24) is 14.5 Å². The summed E-state index contributed by atoms with van der Waals surface area (Å²) in [6.45, 7) is 7.66. The molecule has 1 atom stereocenters. The summed E-state index contributed by atoms with van der Waals surface area (Å²) in [6.07, 6.45) is 5.95. The summed E-state index contributed by atoms with van der Waals surface area (Å²) in [5, 5.41) is 0. The normalized spacial score (nSPS) is 14.4. The minimum atomic E-state index is -0.580. The molecule has 5 nitrogen and oxygen atoms in total. The Hall–Kier alpha value is -3.67. The van der Waals surface area contributed by atoms with Gasteiger partial charge in [-0.15, -0.1) is 12.4 Å². The van der Waals surface area contributed by atoms with Gasteiger partial charge in [-0.3, -0.25) is 4.79 Å². The van der Waals surface area contributed by atoms with E-state index >= 15 is 0 Å². The fourth-order valence-corrected chi connectivity index (χ4v) is 5.88. The number of nitrogens with zero attached hydrogens (tertiary/aromatic N) is 3. The lowest BCUT2D eigenvalue weighted by molar-refractivity contribution is -0.133. The Labute approximate surface area is 244 Å². The van der Waals surface area contributed by atoms with Crippen LogP contribution >= 0.6 is 12.4 Å².